The van der Waals surface area contributed by atoms with E-state index >= 15 is 0 Å². The number of phenolic OH excluding ortho intramolecular Hbond substituents is 1. The van der Waals surface area contributed by atoms with Crippen molar-refractivity contribution in [1.82, 2.24) is 26.8 Å². The lowest BCUT2D eigenvalue weighted by molar-refractivity contribution is -0.124. The van der Waals surface area contributed by atoms with Crippen LogP contribution in [0.15, 0.2) is 138 Å². The molecule has 0 aliphatic heterocycles. The highest BCUT2D eigenvalue weighted by Crippen LogP contribution is 2.23. The Kier molecular flexibility index (Phi) is 13.7. The molecular formula is C40H33N7O8. The van der Waals surface area contributed by atoms with Crippen LogP contribution in [0.1, 0.15) is 48.5 Å². The number of benzene rings is 4. The molecule has 15 nitrogen and oxygen atoms in total. The van der Waals surface area contributed by atoms with Gasteiger partial charge in [-0.2, -0.15) is 15.7 Å². The molecule has 0 aliphatic rings. The first-order chi connectivity index (χ1) is 26.7. The fourth-order valence-electron chi connectivity index (χ4n) is 4.53. The number of phenols is 1. The molecule has 1 heterocycles. The molecule has 276 valence electrons. The van der Waals surface area contributed by atoms with Crippen LogP contribution in [0, 0.1) is 0 Å². The summed E-state index contributed by atoms with van der Waals surface area (Å²) in [5.74, 6) is -1.64. The third kappa shape index (κ3) is 12.4. The molecule has 0 spiro atoms. The van der Waals surface area contributed by atoms with E-state index in [1.165, 1.54) is 66.7 Å². The molecule has 55 heavy (non-hydrogen) atoms. The van der Waals surface area contributed by atoms with Gasteiger partial charge in [-0.1, -0.05) is 54.6 Å². The first-order valence-corrected chi connectivity index (χ1v) is 16.3. The average molecular weight is 740 g/mol. The van der Waals surface area contributed by atoms with E-state index in [4.69, 9.17) is 14.8 Å². The summed E-state index contributed by atoms with van der Waals surface area (Å²) < 4.78 is 5.71. The molecule has 5 aromatic rings. The zero-order valence-corrected chi connectivity index (χ0v) is 28.8. The Morgan fingerprint density at radius 1 is 0.673 bits per heavy atom. The van der Waals surface area contributed by atoms with E-state index in [9.17, 15) is 24.3 Å². The third-order valence-electron chi connectivity index (χ3n) is 7.29. The number of ether oxygens (including phenoxy) is 1. The molecule has 0 aliphatic carbocycles. The molecule has 0 unspecified atom stereocenters. The number of hydrogen-bond donors (Lipinski definition) is 6. The van der Waals surface area contributed by atoms with Crippen LogP contribution < -0.4 is 31.4 Å². The minimum Gasteiger partial charge on any atom is -0.507 e. The fourth-order valence-corrected chi connectivity index (χ4v) is 4.53. The second-order valence-electron chi connectivity index (χ2n) is 11.3. The first kappa shape index (κ1) is 38.3. The average Bonchev–Trinajstić information content (AvgIpc) is 3.22. The standard InChI is InChI=1S/C40H33N7O8/c48-36-21-34(54-26-29-5-2-1-3-6-29)16-15-33(36)24-43-44-39(51)31-13-9-27(10-14-31)11-18-38(50)47-55-35-20-30(22-41-25-35)23-42-45-40(52)32-8-4-7-28(19-32)12-17-37(49)46-53/h1-25,48,53H,26H2,(H,44,51)(H,45,52)(H,46,49)(H,47,50). The van der Waals surface area contributed by atoms with E-state index in [2.05, 4.69) is 31.5 Å². The monoisotopic (exact) mass is 739 g/mol. The van der Waals surface area contributed by atoms with Crippen LogP contribution in [0.2, 0.25) is 0 Å². The van der Waals surface area contributed by atoms with Crippen LogP contribution in [-0.4, -0.2) is 51.4 Å². The van der Waals surface area contributed by atoms with E-state index < -0.39 is 23.6 Å². The predicted octanol–water partition coefficient (Wildman–Crippen LogP) is 4.54. The molecule has 1 aromatic heterocycles. The number of carbonyl (C=O) groups excluding carboxylic acids is 4. The number of carbonyl (C=O) groups is 4. The molecule has 0 fully saturated rings. The van der Waals surface area contributed by atoms with Gasteiger partial charge in [0.1, 0.15) is 18.1 Å². The van der Waals surface area contributed by atoms with Gasteiger partial charge in [-0.25, -0.2) is 16.3 Å². The molecule has 6 N–H and O–H groups in total. The zero-order chi connectivity index (χ0) is 38.8. The van der Waals surface area contributed by atoms with E-state index in [0.717, 1.165) is 11.6 Å². The van der Waals surface area contributed by atoms with Crippen LogP contribution in [0.25, 0.3) is 12.2 Å². The van der Waals surface area contributed by atoms with Crippen molar-refractivity contribution in [2.24, 2.45) is 10.2 Å². The normalized spacial score (nSPS) is 11.1. The minimum atomic E-state index is -0.710. The molecule has 4 amide bonds. The Hall–Kier alpha value is -7.91. The summed E-state index contributed by atoms with van der Waals surface area (Å²) in [5.41, 5.74) is 12.2. The van der Waals surface area contributed by atoms with E-state index in [-0.39, 0.29) is 17.1 Å². The van der Waals surface area contributed by atoms with Gasteiger partial charge in [0.25, 0.3) is 23.6 Å². The topological polar surface area (TPSA) is 213 Å². The van der Waals surface area contributed by atoms with Crippen molar-refractivity contribution >= 4 is 48.2 Å². The molecule has 0 radical (unpaired) electrons. The lowest BCUT2D eigenvalue weighted by Gasteiger charge is -2.08. The van der Waals surface area contributed by atoms with Gasteiger partial charge in [0.05, 0.1) is 18.6 Å². The van der Waals surface area contributed by atoms with Gasteiger partial charge >= 0.3 is 0 Å². The van der Waals surface area contributed by atoms with Gasteiger partial charge in [0.15, 0.2) is 5.75 Å². The minimum absolute atomic E-state index is 0.0587. The molecule has 0 saturated carbocycles. The second kappa shape index (κ2) is 19.6. The van der Waals surface area contributed by atoms with Crippen molar-refractivity contribution in [3.8, 4) is 17.2 Å². The van der Waals surface area contributed by atoms with Crippen LogP contribution in [0.4, 0.5) is 0 Å². The third-order valence-corrected chi connectivity index (χ3v) is 7.29. The summed E-state index contributed by atoms with van der Waals surface area (Å²) in [4.78, 5) is 57.9. The Morgan fingerprint density at radius 2 is 1.40 bits per heavy atom. The molecule has 15 heteroatoms. The number of amides is 4. The zero-order valence-electron chi connectivity index (χ0n) is 28.8. The highest BCUT2D eigenvalue weighted by molar-refractivity contribution is 5.97. The number of nitrogens with zero attached hydrogens (tertiary/aromatic N) is 3. The Labute approximate surface area is 314 Å². The predicted molar refractivity (Wildman–Crippen MR) is 203 cm³/mol. The van der Waals surface area contributed by atoms with Crippen molar-refractivity contribution < 1.29 is 39.1 Å². The van der Waals surface area contributed by atoms with Crippen molar-refractivity contribution in [2.75, 3.05) is 0 Å². The molecule has 0 saturated heterocycles. The highest BCUT2D eigenvalue weighted by atomic mass is 16.7. The van der Waals surface area contributed by atoms with Crippen LogP contribution in [0.5, 0.6) is 17.2 Å². The summed E-state index contributed by atoms with van der Waals surface area (Å²) >= 11 is 0. The smallest absolute Gasteiger partial charge is 0.276 e. The maximum atomic E-state index is 12.6. The van der Waals surface area contributed by atoms with E-state index in [1.807, 2.05) is 30.3 Å². The summed E-state index contributed by atoms with van der Waals surface area (Å²) in [7, 11) is 0. The lowest BCUT2D eigenvalue weighted by atomic mass is 10.1. The van der Waals surface area contributed by atoms with Crippen molar-refractivity contribution in [2.45, 2.75) is 6.61 Å². The van der Waals surface area contributed by atoms with Crippen LogP contribution >= 0.6 is 0 Å². The summed E-state index contributed by atoms with van der Waals surface area (Å²) in [6, 6.07) is 28.7. The summed E-state index contributed by atoms with van der Waals surface area (Å²) in [5, 5.41) is 26.8. The Bertz CT molecular complexity index is 2260. The van der Waals surface area contributed by atoms with Gasteiger partial charge in [0.2, 0.25) is 0 Å². The number of aromatic hydroxyl groups is 1. The van der Waals surface area contributed by atoms with E-state index in [0.29, 0.717) is 40.2 Å². The van der Waals surface area contributed by atoms with Gasteiger partial charge in [-0.05, 0) is 71.3 Å². The number of pyridine rings is 1. The molecule has 4 aromatic carbocycles. The quantitative estimate of drug-likeness (QED) is 0.0385. The number of hydrazone groups is 2. The van der Waals surface area contributed by atoms with Crippen LogP contribution in [-0.2, 0) is 16.2 Å². The molecule has 0 bridgehead atoms. The first-order valence-electron chi connectivity index (χ1n) is 16.3. The SMILES string of the molecule is O=C(C=Cc1cccc(C(=O)NN=Cc2cncc(ONC(=O)C=Cc3ccc(C(=O)NN=Cc4ccc(OCc5ccccc5)cc4O)cc3)c2)c1)NO. The van der Waals surface area contributed by atoms with Gasteiger partial charge in [0, 0.05) is 46.7 Å². The Balaban J connectivity index is 1.04. The van der Waals surface area contributed by atoms with Gasteiger partial charge in [-0.3, -0.25) is 29.4 Å². The second-order valence-corrected chi connectivity index (χ2v) is 11.3. The van der Waals surface area contributed by atoms with Crippen molar-refractivity contribution in [3.05, 3.63) is 167 Å². The number of aromatic nitrogens is 1. The summed E-state index contributed by atoms with van der Waals surface area (Å²) in [6.07, 6.45) is 10.8. The number of hydroxylamine groups is 2. The van der Waals surface area contributed by atoms with Crippen molar-refractivity contribution in [3.63, 3.8) is 0 Å². The highest BCUT2D eigenvalue weighted by Gasteiger charge is 2.07. The fraction of sp³-hybridized carbons (Fsp3) is 0.0250. The lowest BCUT2D eigenvalue weighted by Crippen LogP contribution is -2.25. The van der Waals surface area contributed by atoms with Gasteiger partial charge in [-0.15, -0.1) is 0 Å². The van der Waals surface area contributed by atoms with Crippen molar-refractivity contribution in [1.29, 1.82) is 0 Å². The Morgan fingerprint density at radius 3 is 2.16 bits per heavy atom. The van der Waals surface area contributed by atoms with Crippen LogP contribution in [0.3, 0.4) is 0 Å². The number of nitrogens with one attached hydrogen (secondary N) is 4. The maximum Gasteiger partial charge on any atom is 0.276 e. The molecule has 0 atom stereocenters. The van der Waals surface area contributed by atoms with Gasteiger partial charge < -0.3 is 14.7 Å². The summed E-state index contributed by atoms with van der Waals surface area (Å²) in [6.45, 7) is 0.355. The largest absolute Gasteiger partial charge is 0.507 e. The number of rotatable bonds is 15. The number of hydrogen-bond acceptors (Lipinski definition) is 11. The molecule has 5 rings (SSSR count). The van der Waals surface area contributed by atoms with E-state index in [1.54, 1.807) is 54.6 Å². The molecular weight excluding hydrogens is 706 g/mol. The maximum absolute atomic E-state index is 12.6.